The van der Waals surface area contributed by atoms with Gasteiger partial charge in [-0.05, 0) is 68.1 Å². The van der Waals surface area contributed by atoms with Crippen LogP contribution in [0, 0.1) is 0 Å². The molecule has 186 valence electrons. The topological polar surface area (TPSA) is 98.1 Å². The molecule has 1 amide bonds. The van der Waals surface area contributed by atoms with E-state index in [1.165, 1.54) is 12.1 Å². The first-order valence-electron chi connectivity index (χ1n) is 11.3. The Balaban J connectivity index is 1.75. The summed E-state index contributed by atoms with van der Waals surface area (Å²) in [5.74, 6) is 0.770. The number of fused-ring (bicyclic) bond motifs is 1. The van der Waals surface area contributed by atoms with Gasteiger partial charge in [0.05, 0.1) is 20.3 Å². The summed E-state index contributed by atoms with van der Waals surface area (Å²) in [6.07, 6.45) is 0.599. The highest BCUT2D eigenvalue weighted by atomic mass is 32.2. The number of amides is 1. The third-order valence-electron chi connectivity index (χ3n) is 5.75. The Morgan fingerprint density at radius 1 is 1.03 bits per heavy atom. The molecule has 35 heavy (non-hydrogen) atoms. The number of carbonyl (C=O) groups is 1. The van der Waals surface area contributed by atoms with Gasteiger partial charge in [-0.15, -0.1) is 0 Å². The van der Waals surface area contributed by atoms with Gasteiger partial charge in [0.1, 0.15) is 0 Å². The fourth-order valence-electron chi connectivity index (χ4n) is 4.33. The minimum absolute atomic E-state index is 0.0378. The molecule has 2 aromatic carbocycles. The second-order valence-corrected chi connectivity index (χ2v) is 11.1. The van der Waals surface area contributed by atoms with E-state index in [4.69, 9.17) is 13.9 Å². The van der Waals surface area contributed by atoms with Crippen LogP contribution in [-0.2, 0) is 16.4 Å². The molecule has 4 rings (SSSR count). The van der Waals surface area contributed by atoms with E-state index >= 15 is 0 Å². The smallest absolute Gasteiger partial charge is 0.290 e. The largest absolute Gasteiger partial charge is 0.493 e. The summed E-state index contributed by atoms with van der Waals surface area (Å²) in [5, 5.41) is -0.296. The average molecular weight is 499 g/mol. The number of sulfonamides is 1. The van der Waals surface area contributed by atoms with Crippen molar-refractivity contribution in [3.63, 3.8) is 0 Å². The first-order valence-corrected chi connectivity index (χ1v) is 12.8. The standard InChI is InChI=1S/C26H30N2O6S/c1-26(2,3)27-35(30,31)23-12-11-20(34-23)25(29)28-14-13-18-15-21(32-4)22(33-5)16-19(18)24(28)17-9-7-6-8-10-17/h6-12,15-16,24,27H,13-14H2,1-5H3. The van der Waals surface area contributed by atoms with Crippen molar-refractivity contribution in [3.05, 3.63) is 77.0 Å². The Bertz CT molecular complexity index is 1330. The summed E-state index contributed by atoms with van der Waals surface area (Å²) in [6, 6.07) is 15.8. The number of rotatable bonds is 6. The van der Waals surface area contributed by atoms with E-state index in [1.54, 1.807) is 39.9 Å². The predicted molar refractivity (Wildman–Crippen MR) is 131 cm³/mol. The Morgan fingerprint density at radius 3 is 2.31 bits per heavy atom. The number of ether oxygens (including phenoxy) is 2. The second-order valence-electron chi connectivity index (χ2n) is 9.44. The normalized spacial score (nSPS) is 16.0. The Hall–Kier alpha value is -3.30. The van der Waals surface area contributed by atoms with Crippen molar-refractivity contribution < 1.29 is 27.1 Å². The zero-order chi connectivity index (χ0) is 25.4. The number of methoxy groups -OCH3 is 2. The van der Waals surface area contributed by atoms with Crippen molar-refractivity contribution in [2.24, 2.45) is 0 Å². The van der Waals surface area contributed by atoms with Crippen molar-refractivity contribution in [2.75, 3.05) is 20.8 Å². The lowest BCUT2D eigenvalue weighted by Gasteiger charge is -2.37. The first-order chi connectivity index (χ1) is 16.5. The van der Waals surface area contributed by atoms with E-state index in [2.05, 4.69) is 4.72 Å². The number of benzene rings is 2. The molecule has 0 saturated carbocycles. The van der Waals surface area contributed by atoms with Crippen LogP contribution in [0.3, 0.4) is 0 Å². The SMILES string of the molecule is COc1cc2c(cc1OC)C(c1ccccc1)N(C(=O)c1ccc(S(=O)(=O)NC(C)(C)C)o1)CC2. The average Bonchev–Trinajstić information content (AvgIpc) is 3.32. The van der Waals surface area contributed by atoms with E-state index in [9.17, 15) is 13.2 Å². The van der Waals surface area contributed by atoms with Crippen molar-refractivity contribution in [2.45, 2.75) is 43.9 Å². The Labute approximate surface area is 205 Å². The quantitative estimate of drug-likeness (QED) is 0.548. The van der Waals surface area contributed by atoms with Crippen LogP contribution in [-0.4, -0.2) is 45.5 Å². The van der Waals surface area contributed by atoms with Gasteiger partial charge in [0.25, 0.3) is 15.9 Å². The highest BCUT2D eigenvalue weighted by molar-refractivity contribution is 7.89. The molecule has 1 aromatic heterocycles. The monoisotopic (exact) mass is 498 g/mol. The zero-order valence-electron chi connectivity index (χ0n) is 20.5. The van der Waals surface area contributed by atoms with E-state index in [1.807, 2.05) is 42.5 Å². The van der Waals surface area contributed by atoms with Gasteiger partial charge in [-0.25, -0.2) is 13.1 Å². The molecule has 9 heteroatoms. The maximum atomic E-state index is 13.7. The molecule has 0 saturated heterocycles. The van der Waals surface area contributed by atoms with Crippen molar-refractivity contribution >= 4 is 15.9 Å². The zero-order valence-corrected chi connectivity index (χ0v) is 21.3. The van der Waals surface area contributed by atoms with Gasteiger partial charge in [0.15, 0.2) is 17.3 Å². The summed E-state index contributed by atoms with van der Waals surface area (Å²) in [6.45, 7) is 5.62. The van der Waals surface area contributed by atoms with Crippen LogP contribution in [0.25, 0.3) is 0 Å². The summed E-state index contributed by atoms with van der Waals surface area (Å²) < 4.78 is 44.5. The number of nitrogens with zero attached hydrogens (tertiary/aromatic N) is 1. The van der Waals surface area contributed by atoms with Crippen LogP contribution >= 0.6 is 0 Å². The van der Waals surface area contributed by atoms with E-state index in [-0.39, 0.29) is 10.9 Å². The Morgan fingerprint density at radius 2 is 1.69 bits per heavy atom. The van der Waals surface area contributed by atoms with E-state index in [0.29, 0.717) is 24.5 Å². The molecular formula is C26H30N2O6S. The van der Waals surface area contributed by atoms with Gasteiger partial charge in [-0.1, -0.05) is 30.3 Å². The molecule has 1 unspecified atom stereocenters. The lowest BCUT2D eigenvalue weighted by Crippen LogP contribution is -2.41. The summed E-state index contributed by atoms with van der Waals surface area (Å²) in [7, 11) is -0.745. The minimum atomic E-state index is -3.91. The third-order valence-corrected chi connectivity index (χ3v) is 7.38. The maximum Gasteiger partial charge on any atom is 0.290 e. The number of carbonyl (C=O) groups excluding carboxylic acids is 1. The molecule has 1 N–H and O–H groups in total. The Kier molecular flexibility index (Phi) is 6.66. The van der Waals surface area contributed by atoms with E-state index < -0.39 is 27.5 Å². The molecular weight excluding hydrogens is 468 g/mol. The van der Waals surface area contributed by atoms with Crippen LogP contribution in [0.15, 0.2) is 64.1 Å². The summed E-state index contributed by atoms with van der Waals surface area (Å²) >= 11 is 0. The third kappa shape index (κ3) is 5.06. The number of hydrogen-bond donors (Lipinski definition) is 1. The van der Waals surface area contributed by atoms with Crippen LogP contribution in [0.5, 0.6) is 11.5 Å². The van der Waals surface area contributed by atoms with Crippen LogP contribution in [0.4, 0.5) is 0 Å². The summed E-state index contributed by atoms with van der Waals surface area (Å²) in [4.78, 5) is 15.4. The van der Waals surface area contributed by atoms with Gasteiger partial charge in [-0.2, -0.15) is 0 Å². The minimum Gasteiger partial charge on any atom is -0.493 e. The number of hydrogen-bond acceptors (Lipinski definition) is 6. The highest BCUT2D eigenvalue weighted by Crippen LogP contribution is 2.41. The van der Waals surface area contributed by atoms with Gasteiger partial charge < -0.3 is 18.8 Å². The van der Waals surface area contributed by atoms with Gasteiger partial charge >= 0.3 is 0 Å². The molecule has 1 atom stereocenters. The molecule has 0 spiro atoms. The lowest BCUT2D eigenvalue weighted by molar-refractivity contribution is 0.0655. The highest BCUT2D eigenvalue weighted by Gasteiger charge is 2.36. The maximum absolute atomic E-state index is 13.7. The fraction of sp³-hybridized carbons (Fsp3) is 0.346. The first kappa shape index (κ1) is 24.8. The fourth-order valence-corrected chi connectivity index (χ4v) is 5.69. The van der Waals surface area contributed by atoms with Crippen molar-refractivity contribution in [3.8, 4) is 11.5 Å². The number of nitrogens with one attached hydrogen (secondary N) is 1. The molecule has 0 fully saturated rings. The van der Waals surface area contributed by atoms with Crippen molar-refractivity contribution in [1.82, 2.24) is 9.62 Å². The molecule has 0 aliphatic carbocycles. The predicted octanol–water partition coefficient (Wildman–Crippen LogP) is 4.16. The van der Waals surface area contributed by atoms with Crippen LogP contribution < -0.4 is 14.2 Å². The second kappa shape index (κ2) is 9.39. The van der Waals surface area contributed by atoms with E-state index in [0.717, 1.165) is 16.7 Å². The molecule has 0 radical (unpaired) electrons. The molecule has 0 bridgehead atoms. The van der Waals surface area contributed by atoms with Gasteiger partial charge in [-0.3, -0.25) is 4.79 Å². The molecule has 8 nitrogen and oxygen atoms in total. The van der Waals surface area contributed by atoms with Crippen molar-refractivity contribution in [1.29, 1.82) is 0 Å². The van der Waals surface area contributed by atoms with Crippen LogP contribution in [0.2, 0.25) is 0 Å². The molecule has 3 aromatic rings. The van der Waals surface area contributed by atoms with Crippen LogP contribution in [0.1, 0.15) is 54.1 Å². The lowest BCUT2D eigenvalue weighted by atomic mass is 9.87. The van der Waals surface area contributed by atoms with Gasteiger partial charge in [0.2, 0.25) is 5.09 Å². The number of furan rings is 1. The molecule has 2 heterocycles. The molecule has 1 aliphatic rings. The summed E-state index contributed by atoms with van der Waals surface area (Å²) in [5.41, 5.74) is 2.20. The van der Waals surface area contributed by atoms with Gasteiger partial charge in [0, 0.05) is 12.1 Å². The molecule has 1 aliphatic heterocycles.